The van der Waals surface area contributed by atoms with Crippen LogP contribution in [0.5, 0.6) is 0 Å². The van der Waals surface area contributed by atoms with Gasteiger partial charge in [-0.15, -0.1) is 11.3 Å². The number of rotatable bonds is 8. The number of anilines is 1. The molecule has 1 unspecified atom stereocenters. The molecule has 3 heterocycles. The van der Waals surface area contributed by atoms with Crippen molar-refractivity contribution in [3.63, 3.8) is 0 Å². The highest BCUT2D eigenvalue weighted by atomic mass is 32.1. The van der Waals surface area contributed by atoms with Crippen LogP contribution in [0.15, 0.2) is 41.2 Å². The normalized spacial score (nSPS) is 20.1. The van der Waals surface area contributed by atoms with E-state index in [0.29, 0.717) is 24.2 Å². The lowest BCUT2D eigenvalue weighted by molar-refractivity contribution is 0.0672. The summed E-state index contributed by atoms with van der Waals surface area (Å²) in [6.45, 7) is 12.7. The number of hydrogen-bond acceptors (Lipinski definition) is 5. The molecule has 7 heteroatoms. The monoisotopic (exact) mass is 546 g/mol. The average molecular weight is 547 g/mol. The third kappa shape index (κ3) is 5.57. The minimum absolute atomic E-state index is 0.0630. The molecule has 0 radical (unpaired) electrons. The smallest absolute Gasteiger partial charge is 0.255 e. The Kier molecular flexibility index (Phi) is 8.29. The molecule has 0 spiro atoms. The average Bonchev–Trinajstić information content (AvgIpc) is 3.25. The van der Waals surface area contributed by atoms with Crippen molar-refractivity contribution in [2.24, 2.45) is 0 Å². The van der Waals surface area contributed by atoms with Crippen molar-refractivity contribution >= 4 is 22.2 Å². The number of thiophene rings is 1. The zero-order chi connectivity index (χ0) is 27.7. The van der Waals surface area contributed by atoms with Crippen molar-refractivity contribution < 1.29 is 4.79 Å². The molecule has 1 aromatic carbocycles. The van der Waals surface area contributed by atoms with Crippen LogP contribution < -0.4 is 15.8 Å². The number of nitrogens with zero attached hydrogens (tertiary/aromatic N) is 2. The number of nitrogens with one attached hydrogen (secondary N) is 2. The van der Waals surface area contributed by atoms with Gasteiger partial charge in [0.05, 0.1) is 16.6 Å². The molecule has 1 fully saturated rings. The van der Waals surface area contributed by atoms with E-state index in [4.69, 9.17) is 0 Å². The molecular formula is C32H42N4O2S. The molecule has 1 amide bonds. The van der Waals surface area contributed by atoms with E-state index < -0.39 is 0 Å². The lowest BCUT2D eigenvalue weighted by Gasteiger charge is -2.38. The maximum atomic E-state index is 13.9. The Morgan fingerprint density at radius 1 is 1.10 bits per heavy atom. The van der Waals surface area contributed by atoms with Gasteiger partial charge in [-0.3, -0.25) is 9.59 Å². The first-order valence-corrected chi connectivity index (χ1v) is 15.3. The van der Waals surface area contributed by atoms with E-state index in [1.165, 1.54) is 28.3 Å². The maximum absolute atomic E-state index is 13.9. The Bertz CT molecular complexity index is 1370. The van der Waals surface area contributed by atoms with E-state index in [2.05, 4.69) is 59.4 Å². The van der Waals surface area contributed by atoms with Crippen molar-refractivity contribution in [2.75, 3.05) is 18.0 Å². The number of H-pyrrole nitrogens is 1. The number of pyridine rings is 1. The number of aromatic nitrogens is 1. The van der Waals surface area contributed by atoms with Crippen LogP contribution in [0.4, 0.5) is 5.00 Å². The molecule has 0 saturated heterocycles. The van der Waals surface area contributed by atoms with Crippen molar-refractivity contribution in [1.82, 2.24) is 15.2 Å². The van der Waals surface area contributed by atoms with Gasteiger partial charge in [0.15, 0.2) is 0 Å². The van der Waals surface area contributed by atoms with Crippen LogP contribution in [-0.2, 0) is 13.0 Å². The second-order valence-corrected chi connectivity index (χ2v) is 12.4. The SMILES string of the molecule is CCN(c1sc2c(c1C)C(=O)N(C(C)c1c(C)cc(C)[nH]c1=O)CC2)[C@H]1CC[C@H](NCc2ccccc2)CC1. The topological polar surface area (TPSA) is 68.4 Å². The van der Waals surface area contributed by atoms with Crippen LogP contribution in [0, 0.1) is 20.8 Å². The second kappa shape index (κ2) is 11.7. The Morgan fingerprint density at radius 3 is 2.49 bits per heavy atom. The van der Waals surface area contributed by atoms with E-state index in [9.17, 15) is 9.59 Å². The van der Waals surface area contributed by atoms with Gasteiger partial charge in [-0.05, 0) is 83.1 Å². The van der Waals surface area contributed by atoms with E-state index in [1.54, 1.807) is 0 Å². The molecule has 3 aromatic rings. The van der Waals surface area contributed by atoms with Crippen LogP contribution in [0.25, 0.3) is 0 Å². The van der Waals surface area contributed by atoms with Crippen molar-refractivity contribution in [3.8, 4) is 0 Å². The van der Waals surface area contributed by atoms with Crippen LogP contribution in [0.2, 0.25) is 0 Å². The minimum atomic E-state index is -0.265. The number of benzene rings is 1. The van der Waals surface area contributed by atoms with Crippen LogP contribution in [0.1, 0.15) is 88.8 Å². The summed E-state index contributed by atoms with van der Waals surface area (Å²) in [6, 6.07) is 13.4. The Labute approximate surface area is 236 Å². The molecule has 6 nitrogen and oxygen atoms in total. The van der Waals surface area contributed by atoms with Gasteiger partial charge in [-0.2, -0.15) is 0 Å². The molecule has 2 aromatic heterocycles. The van der Waals surface area contributed by atoms with E-state index in [1.807, 2.05) is 43.1 Å². The highest BCUT2D eigenvalue weighted by Crippen LogP contribution is 2.42. The number of aromatic amines is 1. The molecule has 1 saturated carbocycles. The van der Waals surface area contributed by atoms with Crippen LogP contribution in [-0.4, -0.2) is 41.0 Å². The lowest BCUT2D eigenvalue weighted by Crippen LogP contribution is -2.42. The standard InChI is InChI=1S/C32H42N4O2S/c1-6-35(26-14-12-25(13-15-26)33-19-24-10-8-7-9-11-24)32-22(4)29-27(39-32)16-17-36(31(29)38)23(5)28-20(2)18-21(3)34-30(28)37/h7-11,18,23,25-26,33H,6,12-17,19H2,1-5H3,(H,34,37)/t23?,25-,26-. The van der Waals surface area contributed by atoms with E-state index >= 15 is 0 Å². The summed E-state index contributed by atoms with van der Waals surface area (Å²) in [5.41, 5.74) is 5.70. The predicted octanol–water partition coefficient (Wildman–Crippen LogP) is 6.05. The van der Waals surface area contributed by atoms with Gasteiger partial charge in [0.2, 0.25) is 0 Å². The molecule has 1 aliphatic heterocycles. The summed E-state index contributed by atoms with van der Waals surface area (Å²) in [4.78, 5) is 35.3. The fourth-order valence-corrected chi connectivity index (χ4v) is 8.10. The first-order chi connectivity index (χ1) is 18.8. The molecule has 39 heavy (non-hydrogen) atoms. The van der Waals surface area contributed by atoms with Crippen LogP contribution in [0.3, 0.4) is 0 Å². The number of carbonyl (C=O) groups is 1. The summed E-state index contributed by atoms with van der Waals surface area (Å²) in [6.07, 6.45) is 5.51. The number of fused-ring (bicyclic) bond motifs is 1. The predicted molar refractivity (Wildman–Crippen MR) is 161 cm³/mol. The fraction of sp³-hybridized carbons (Fsp3) is 0.500. The van der Waals surface area contributed by atoms with Crippen LogP contribution >= 0.6 is 11.3 Å². The van der Waals surface area contributed by atoms with Gasteiger partial charge >= 0.3 is 0 Å². The molecule has 5 rings (SSSR count). The van der Waals surface area contributed by atoms with Gasteiger partial charge < -0.3 is 20.1 Å². The summed E-state index contributed by atoms with van der Waals surface area (Å²) < 4.78 is 0. The summed E-state index contributed by atoms with van der Waals surface area (Å²) in [5.74, 6) is 0.0630. The summed E-state index contributed by atoms with van der Waals surface area (Å²) >= 11 is 1.81. The fourth-order valence-electron chi connectivity index (χ4n) is 6.68. The van der Waals surface area contributed by atoms with E-state index in [0.717, 1.165) is 54.7 Å². The molecule has 2 N–H and O–H groups in total. The minimum Gasteiger partial charge on any atom is -0.361 e. The zero-order valence-electron chi connectivity index (χ0n) is 24.0. The molecule has 208 valence electrons. The van der Waals surface area contributed by atoms with Gasteiger partial charge in [-0.1, -0.05) is 30.3 Å². The van der Waals surface area contributed by atoms with E-state index in [-0.39, 0.29) is 17.5 Å². The molecular weight excluding hydrogens is 504 g/mol. The Balaban J connectivity index is 1.29. The highest BCUT2D eigenvalue weighted by Gasteiger charge is 2.36. The zero-order valence-corrected chi connectivity index (χ0v) is 24.8. The second-order valence-electron chi connectivity index (χ2n) is 11.3. The molecule has 2 aliphatic rings. The highest BCUT2D eigenvalue weighted by molar-refractivity contribution is 7.16. The molecule has 0 bridgehead atoms. The first-order valence-electron chi connectivity index (χ1n) is 14.5. The van der Waals surface area contributed by atoms with Gasteiger partial charge in [0, 0.05) is 54.3 Å². The summed E-state index contributed by atoms with van der Waals surface area (Å²) in [5, 5.41) is 5.02. The number of hydrogen-bond donors (Lipinski definition) is 2. The van der Waals surface area contributed by atoms with Gasteiger partial charge in [0.1, 0.15) is 0 Å². The summed E-state index contributed by atoms with van der Waals surface area (Å²) in [7, 11) is 0. The quantitative estimate of drug-likeness (QED) is 0.361. The van der Waals surface area contributed by atoms with Crippen molar-refractivity contribution in [2.45, 2.75) is 91.4 Å². The molecule has 1 aliphatic carbocycles. The van der Waals surface area contributed by atoms with Crippen molar-refractivity contribution in [1.29, 1.82) is 0 Å². The Morgan fingerprint density at radius 2 is 1.82 bits per heavy atom. The number of amides is 1. The van der Waals surface area contributed by atoms with Crippen molar-refractivity contribution in [3.05, 3.63) is 85.1 Å². The largest absolute Gasteiger partial charge is 0.361 e. The Hall–Kier alpha value is -2.90. The van der Waals surface area contributed by atoms with Gasteiger partial charge in [0.25, 0.3) is 11.5 Å². The first kappa shape index (κ1) is 27.7. The maximum Gasteiger partial charge on any atom is 0.255 e. The third-order valence-electron chi connectivity index (χ3n) is 8.72. The number of carbonyl (C=O) groups excluding carboxylic acids is 1. The lowest BCUT2D eigenvalue weighted by atomic mass is 9.89. The molecule has 1 atom stereocenters. The van der Waals surface area contributed by atoms with Gasteiger partial charge in [-0.25, -0.2) is 0 Å². The number of aryl methyl sites for hydroxylation is 2. The third-order valence-corrected chi connectivity index (χ3v) is 10.1.